The van der Waals surface area contributed by atoms with Crippen LogP contribution in [-0.4, -0.2) is 31.2 Å². The summed E-state index contributed by atoms with van der Waals surface area (Å²) < 4.78 is 32.1. The zero-order valence-corrected chi connectivity index (χ0v) is 16.5. The van der Waals surface area contributed by atoms with E-state index in [4.69, 9.17) is 4.74 Å². The summed E-state index contributed by atoms with van der Waals surface area (Å²) in [4.78, 5) is 27.6. The first-order chi connectivity index (χ1) is 13.7. The van der Waals surface area contributed by atoms with E-state index in [1.165, 1.54) is 24.3 Å². The van der Waals surface area contributed by atoms with Crippen molar-refractivity contribution in [3.63, 3.8) is 0 Å². The minimum atomic E-state index is -3.73. The van der Waals surface area contributed by atoms with E-state index in [0.717, 1.165) is 0 Å². The van der Waals surface area contributed by atoms with Gasteiger partial charge in [-0.15, -0.1) is 0 Å². The SMILES string of the molecule is CC(C)[C@H](N=C1NS(=O)(=O)c2ccccc21)C(=O)OCc1ccccc1[N+](=O)[O-]. The Hall–Kier alpha value is -3.27. The Labute approximate surface area is 167 Å². The Balaban J connectivity index is 1.84. The number of amidine groups is 1. The molecule has 0 unspecified atom stereocenters. The number of esters is 1. The van der Waals surface area contributed by atoms with Crippen LogP contribution in [0.25, 0.3) is 0 Å². The number of benzene rings is 2. The summed E-state index contributed by atoms with van der Waals surface area (Å²) in [5.41, 5.74) is 0.489. The fourth-order valence-electron chi connectivity index (χ4n) is 2.89. The highest BCUT2D eigenvalue weighted by Crippen LogP contribution is 2.24. The molecule has 10 heteroatoms. The first-order valence-corrected chi connectivity index (χ1v) is 10.3. The van der Waals surface area contributed by atoms with Crippen molar-refractivity contribution in [3.8, 4) is 0 Å². The molecule has 0 radical (unpaired) electrons. The predicted molar refractivity (Wildman–Crippen MR) is 105 cm³/mol. The number of aliphatic imine (C=N–C) groups is 1. The predicted octanol–water partition coefficient (Wildman–Crippen LogP) is 2.40. The molecule has 0 fully saturated rings. The molecule has 1 N–H and O–H groups in total. The zero-order valence-electron chi connectivity index (χ0n) is 15.7. The number of rotatable bonds is 6. The lowest BCUT2D eigenvalue weighted by molar-refractivity contribution is -0.385. The summed E-state index contributed by atoms with van der Waals surface area (Å²) in [6, 6.07) is 11.3. The number of nitro benzene ring substituents is 1. The lowest BCUT2D eigenvalue weighted by Crippen LogP contribution is -2.31. The summed E-state index contributed by atoms with van der Waals surface area (Å²) in [5.74, 6) is -0.922. The Morgan fingerprint density at radius 2 is 1.83 bits per heavy atom. The topological polar surface area (TPSA) is 128 Å². The van der Waals surface area contributed by atoms with Crippen molar-refractivity contribution < 1.29 is 22.9 Å². The number of ether oxygens (including phenoxy) is 1. The number of fused-ring (bicyclic) bond motifs is 1. The van der Waals surface area contributed by atoms with Crippen LogP contribution in [0.5, 0.6) is 0 Å². The maximum absolute atomic E-state index is 12.6. The van der Waals surface area contributed by atoms with Crippen LogP contribution in [0.3, 0.4) is 0 Å². The van der Waals surface area contributed by atoms with Crippen LogP contribution in [-0.2, 0) is 26.2 Å². The molecule has 0 aromatic heterocycles. The van der Waals surface area contributed by atoms with Crippen molar-refractivity contribution in [1.29, 1.82) is 0 Å². The number of hydrogen-bond donors (Lipinski definition) is 1. The number of nitrogens with one attached hydrogen (secondary N) is 1. The highest BCUT2D eigenvalue weighted by molar-refractivity contribution is 7.90. The van der Waals surface area contributed by atoms with Gasteiger partial charge in [0, 0.05) is 11.6 Å². The number of sulfonamides is 1. The summed E-state index contributed by atoms with van der Waals surface area (Å²) in [5, 5.41) is 11.1. The molecule has 0 bridgehead atoms. The molecule has 0 aliphatic carbocycles. The Kier molecular flexibility index (Phi) is 5.64. The van der Waals surface area contributed by atoms with Gasteiger partial charge in [0.15, 0.2) is 6.04 Å². The molecule has 0 saturated heterocycles. The standard InChI is InChI=1S/C19H19N3O6S/c1-12(2)17(19(23)28-11-13-7-3-5-9-15(13)22(24)25)20-18-14-8-4-6-10-16(14)29(26,27)21-18/h3-10,12,17H,11H2,1-2H3,(H,20,21)/t17-/m0/s1. The molecular formula is C19H19N3O6S. The Bertz CT molecular complexity index is 1090. The number of nitrogens with zero attached hydrogens (tertiary/aromatic N) is 2. The minimum absolute atomic E-state index is 0.0712. The third-order valence-electron chi connectivity index (χ3n) is 4.36. The van der Waals surface area contributed by atoms with E-state index in [-0.39, 0.29) is 34.5 Å². The third kappa shape index (κ3) is 4.27. The minimum Gasteiger partial charge on any atom is -0.459 e. The zero-order chi connectivity index (χ0) is 21.2. The van der Waals surface area contributed by atoms with E-state index in [9.17, 15) is 23.3 Å². The quantitative estimate of drug-likeness (QED) is 0.437. The van der Waals surface area contributed by atoms with E-state index >= 15 is 0 Å². The second-order valence-electron chi connectivity index (χ2n) is 6.76. The molecule has 29 heavy (non-hydrogen) atoms. The fraction of sp³-hybridized carbons (Fsp3) is 0.263. The van der Waals surface area contributed by atoms with Crippen LogP contribution in [0.4, 0.5) is 5.69 Å². The lowest BCUT2D eigenvalue weighted by atomic mass is 10.0. The van der Waals surface area contributed by atoms with E-state index in [1.54, 1.807) is 38.1 Å². The van der Waals surface area contributed by atoms with E-state index in [1.807, 2.05) is 0 Å². The average Bonchev–Trinajstić information content (AvgIpc) is 2.94. The van der Waals surface area contributed by atoms with E-state index in [0.29, 0.717) is 5.56 Å². The van der Waals surface area contributed by atoms with Crippen LogP contribution in [0, 0.1) is 16.0 Å². The molecule has 2 aromatic rings. The molecule has 9 nitrogen and oxygen atoms in total. The normalized spacial score (nSPS) is 16.9. The van der Waals surface area contributed by atoms with Gasteiger partial charge in [0.05, 0.1) is 15.4 Å². The van der Waals surface area contributed by atoms with Crippen molar-refractivity contribution in [3.05, 3.63) is 69.8 Å². The average molecular weight is 417 g/mol. The molecule has 3 rings (SSSR count). The molecular weight excluding hydrogens is 398 g/mol. The summed E-state index contributed by atoms with van der Waals surface area (Å²) in [6.45, 7) is 3.21. The van der Waals surface area contributed by atoms with Crippen molar-refractivity contribution >= 4 is 27.5 Å². The van der Waals surface area contributed by atoms with Gasteiger partial charge in [-0.1, -0.05) is 38.1 Å². The third-order valence-corrected chi connectivity index (χ3v) is 5.76. The van der Waals surface area contributed by atoms with Gasteiger partial charge in [-0.25, -0.2) is 13.2 Å². The first kappa shape index (κ1) is 20.5. The highest BCUT2D eigenvalue weighted by atomic mass is 32.2. The van der Waals surface area contributed by atoms with Crippen LogP contribution >= 0.6 is 0 Å². The monoisotopic (exact) mass is 417 g/mol. The van der Waals surface area contributed by atoms with Crippen molar-refractivity contribution in [2.24, 2.45) is 10.9 Å². The van der Waals surface area contributed by atoms with Crippen LogP contribution < -0.4 is 4.72 Å². The lowest BCUT2D eigenvalue weighted by Gasteiger charge is -2.16. The summed E-state index contributed by atoms with van der Waals surface area (Å²) >= 11 is 0. The number of carbonyl (C=O) groups is 1. The largest absolute Gasteiger partial charge is 0.459 e. The second kappa shape index (κ2) is 8.00. The van der Waals surface area contributed by atoms with Crippen LogP contribution in [0.2, 0.25) is 0 Å². The molecule has 0 saturated carbocycles. The fourth-order valence-corrected chi connectivity index (χ4v) is 4.13. The van der Waals surface area contributed by atoms with E-state index < -0.39 is 27.0 Å². The van der Waals surface area contributed by atoms with Gasteiger partial charge in [0.2, 0.25) is 0 Å². The molecule has 1 aliphatic heterocycles. The maximum atomic E-state index is 12.6. The van der Waals surface area contributed by atoms with Gasteiger partial charge < -0.3 is 4.74 Å². The van der Waals surface area contributed by atoms with Gasteiger partial charge in [-0.2, -0.15) is 0 Å². The molecule has 0 spiro atoms. The number of nitro groups is 1. The van der Waals surface area contributed by atoms with Crippen molar-refractivity contribution in [1.82, 2.24) is 4.72 Å². The second-order valence-corrected chi connectivity index (χ2v) is 8.41. The Morgan fingerprint density at radius 1 is 1.17 bits per heavy atom. The van der Waals surface area contributed by atoms with Crippen LogP contribution in [0.15, 0.2) is 58.4 Å². The first-order valence-electron chi connectivity index (χ1n) is 8.79. The van der Waals surface area contributed by atoms with Gasteiger partial charge in [0.25, 0.3) is 15.7 Å². The van der Waals surface area contributed by atoms with Crippen molar-refractivity contribution in [2.45, 2.75) is 31.4 Å². The molecule has 1 heterocycles. The summed E-state index contributed by atoms with van der Waals surface area (Å²) in [7, 11) is -3.73. The van der Waals surface area contributed by atoms with E-state index in [2.05, 4.69) is 9.71 Å². The maximum Gasteiger partial charge on any atom is 0.331 e. The summed E-state index contributed by atoms with van der Waals surface area (Å²) in [6.07, 6.45) is 0. The van der Waals surface area contributed by atoms with Gasteiger partial charge in [0.1, 0.15) is 12.4 Å². The van der Waals surface area contributed by atoms with Crippen molar-refractivity contribution in [2.75, 3.05) is 0 Å². The number of carbonyl (C=O) groups excluding carboxylic acids is 1. The van der Waals surface area contributed by atoms with Crippen LogP contribution in [0.1, 0.15) is 25.0 Å². The Morgan fingerprint density at radius 3 is 2.52 bits per heavy atom. The molecule has 2 aromatic carbocycles. The highest BCUT2D eigenvalue weighted by Gasteiger charge is 2.33. The van der Waals surface area contributed by atoms with Gasteiger partial charge in [-0.05, 0) is 24.1 Å². The van der Waals surface area contributed by atoms with Gasteiger partial charge in [-0.3, -0.25) is 19.8 Å². The van der Waals surface area contributed by atoms with Gasteiger partial charge >= 0.3 is 5.97 Å². The number of hydrogen-bond acceptors (Lipinski definition) is 7. The number of para-hydroxylation sites is 1. The smallest absolute Gasteiger partial charge is 0.331 e. The molecule has 1 aliphatic rings. The molecule has 1 atom stereocenters. The molecule has 152 valence electrons. The molecule has 0 amide bonds.